The molecule has 0 N–H and O–H groups in total. The Morgan fingerprint density at radius 3 is 2.50 bits per heavy atom. The molecule has 2 fully saturated rings. The normalized spacial score (nSPS) is 20.2. The summed E-state index contributed by atoms with van der Waals surface area (Å²) in [5, 5.41) is 0. The number of piperazine rings is 1. The molecule has 2 aliphatic rings. The maximum atomic E-state index is 13.8. The van der Waals surface area contributed by atoms with Gasteiger partial charge >= 0.3 is 0 Å². The highest BCUT2D eigenvalue weighted by Crippen LogP contribution is 2.30. The molecular formula is C33H37FN4O2. The van der Waals surface area contributed by atoms with Crippen LogP contribution < -0.4 is 0 Å². The molecule has 6 nitrogen and oxygen atoms in total. The van der Waals surface area contributed by atoms with E-state index in [1.54, 1.807) is 19.2 Å². The third-order valence-electron chi connectivity index (χ3n) is 8.55. The number of hydrogen-bond donors (Lipinski definition) is 0. The van der Waals surface area contributed by atoms with Crippen molar-refractivity contribution in [3.8, 4) is 22.4 Å². The molecule has 0 bridgehead atoms. The lowest BCUT2D eigenvalue weighted by atomic mass is 9.86. The smallest absolute Gasteiger partial charge is 0.225 e. The Morgan fingerprint density at radius 1 is 0.975 bits per heavy atom. The highest BCUT2D eigenvalue weighted by Gasteiger charge is 2.32. The molecule has 0 unspecified atom stereocenters. The molecule has 6 rings (SSSR count). The first kappa shape index (κ1) is 26.7. The number of carbonyl (C=O) groups excluding carboxylic acids is 1. The van der Waals surface area contributed by atoms with Crippen LogP contribution in [-0.4, -0.2) is 64.5 Å². The SMILES string of the molecule is CO[C@H]1CCC[C@@H](C(=O)N2CCN(Cc3c(-c4ccc(F)cc4)nc4ccc(-c5cccc(C)c5)cn34)CC2)C1. The first-order valence-corrected chi connectivity index (χ1v) is 14.4. The van der Waals surface area contributed by atoms with Gasteiger partial charge in [-0.25, -0.2) is 9.37 Å². The second-order valence-electron chi connectivity index (χ2n) is 11.3. The van der Waals surface area contributed by atoms with Gasteiger partial charge in [0.1, 0.15) is 11.5 Å². The fourth-order valence-electron chi connectivity index (χ4n) is 6.26. The molecule has 1 aliphatic heterocycles. The summed E-state index contributed by atoms with van der Waals surface area (Å²) in [6.07, 6.45) is 6.27. The molecule has 2 aromatic heterocycles. The predicted octanol–water partition coefficient (Wildman–Crippen LogP) is 5.97. The number of benzene rings is 2. The zero-order chi connectivity index (χ0) is 27.6. The predicted molar refractivity (Wildman–Crippen MR) is 155 cm³/mol. The topological polar surface area (TPSA) is 50.1 Å². The molecule has 3 heterocycles. The van der Waals surface area contributed by atoms with Crippen molar-refractivity contribution in [1.82, 2.24) is 19.2 Å². The number of pyridine rings is 1. The second kappa shape index (κ2) is 11.5. The Kier molecular flexibility index (Phi) is 7.67. The highest BCUT2D eigenvalue weighted by molar-refractivity contribution is 5.79. The molecule has 1 saturated carbocycles. The summed E-state index contributed by atoms with van der Waals surface area (Å²) in [6.45, 7) is 5.86. The van der Waals surface area contributed by atoms with Crippen LogP contribution in [0.5, 0.6) is 0 Å². The number of aromatic nitrogens is 2. The van der Waals surface area contributed by atoms with Crippen molar-refractivity contribution in [3.05, 3.63) is 83.9 Å². The molecule has 2 atom stereocenters. The Hall–Kier alpha value is -3.55. The van der Waals surface area contributed by atoms with Gasteiger partial charge in [0.25, 0.3) is 0 Å². The number of hydrogen-bond acceptors (Lipinski definition) is 4. The van der Waals surface area contributed by atoms with Crippen LogP contribution in [0.25, 0.3) is 28.0 Å². The lowest BCUT2D eigenvalue weighted by Crippen LogP contribution is -2.50. The lowest BCUT2D eigenvalue weighted by Gasteiger charge is -2.38. The van der Waals surface area contributed by atoms with Gasteiger partial charge in [-0.3, -0.25) is 9.69 Å². The molecule has 1 amide bonds. The van der Waals surface area contributed by atoms with Gasteiger partial charge < -0.3 is 14.0 Å². The van der Waals surface area contributed by atoms with Crippen molar-refractivity contribution in [1.29, 1.82) is 0 Å². The molecule has 4 aromatic rings. The van der Waals surface area contributed by atoms with Crippen LogP contribution in [0.3, 0.4) is 0 Å². The van der Waals surface area contributed by atoms with E-state index in [1.165, 1.54) is 17.7 Å². The number of halogens is 1. The number of fused-ring (bicyclic) bond motifs is 1. The molecule has 40 heavy (non-hydrogen) atoms. The van der Waals surface area contributed by atoms with Crippen molar-refractivity contribution in [3.63, 3.8) is 0 Å². The number of nitrogens with zero attached hydrogens (tertiary/aromatic N) is 4. The maximum absolute atomic E-state index is 13.8. The lowest BCUT2D eigenvalue weighted by molar-refractivity contribution is -0.140. The number of ether oxygens (including phenoxy) is 1. The van der Waals surface area contributed by atoms with Gasteiger partial charge in [-0.2, -0.15) is 0 Å². The number of aryl methyl sites for hydroxylation is 1. The van der Waals surface area contributed by atoms with Crippen molar-refractivity contribution < 1.29 is 13.9 Å². The van der Waals surface area contributed by atoms with E-state index in [9.17, 15) is 9.18 Å². The molecule has 1 aliphatic carbocycles. The summed E-state index contributed by atoms with van der Waals surface area (Å²) >= 11 is 0. The Morgan fingerprint density at radius 2 is 1.75 bits per heavy atom. The van der Waals surface area contributed by atoms with E-state index in [4.69, 9.17) is 9.72 Å². The molecule has 7 heteroatoms. The molecule has 208 valence electrons. The van der Waals surface area contributed by atoms with Crippen LogP contribution in [0.1, 0.15) is 36.9 Å². The van der Waals surface area contributed by atoms with Crippen LogP contribution in [0.2, 0.25) is 0 Å². The second-order valence-corrected chi connectivity index (χ2v) is 11.3. The fourth-order valence-corrected chi connectivity index (χ4v) is 6.26. The van der Waals surface area contributed by atoms with Gasteiger partial charge in [0.15, 0.2) is 0 Å². The number of amides is 1. The molecule has 0 spiro atoms. The van der Waals surface area contributed by atoms with Crippen LogP contribution >= 0.6 is 0 Å². The average molecular weight is 541 g/mol. The van der Waals surface area contributed by atoms with Crippen molar-refractivity contribution in [2.75, 3.05) is 33.3 Å². The van der Waals surface area contributed by atoms with Crippen LogP contribution in [0, 0.1) is 18.7 Å². The van der Waals surface area contributed by atoms with E-state index in [1.807, 2.05) is 4.90 Å². The largest absolute Gasteiger partial charge is 0.381 e. The van der Waals surface area contributed by atoms with Gasteiger partial charge in [-0.15, -0.1) is 0 Å². The maximum Gasteiger partial charge on any atom is 0.225 e. The van der Waals surface area contributed by atoms with Crippen LogP contribution in [0.15, 0.2) is 66.9 Å². The first-order valence-electron chi connectivity index (χ1n) is 14.4. The summed E-state index contributed by atoms with van der Waals surface area (Å²) in [7, 11) is 1.75. The van der Waals surface area contributed by atoms with E-state index in [0.717, 1.165) is 85.6 Å². The van der Waals surface area contributed by atoms with Crippen LogP contribution in [-0.2, 0) is 16.1 Å². The van der Waals surface area contributed by atoms with E-state index in [0.29, 0.717) is 6.54 Å². The zero-order valence-electron chi connectivity index (χ0n) is 23.4. The standard InChI is InChI=1S/C33H37FN4O2/c1-23-5-3-6-25(19-23)27-11-14-31-35-32(24-9-12-28(34)13-10-24)30(38(31)21-27)22-36-15-17-37(18-16-36)33(39)26-7-4-8-29(20-26)40-2/h3,5-6,9-14,19,21,26,29H,4,7-8,15-18,20,22H2,1-2H3/t26-,29+/m1/s1. The van der Waals surface area contributed by atoms with Crippen molar-refractivity contribution in [2.24, 2.45) is 5.92 Å². The van der Waals surface area contributed by atoms with E-state index < -0.39 is 0 Å². The molecule has 2 aromatic carbocycles. The molecule has 1 saturated heterocycles. The van der Waals surface area contributed by atoms with E-state index in [2.05, 4.69) is 58.8 Å². The quantitative estimate of drug-likeness (QED) is 0.303. The summed E-state index contributed by atoms with van der Waals surface area (Å²) in [4.78, 5) is 22.7. The molecule has 0 radical (unpaired) electrons. The minimum absolute atomic E-state index is 0.0779. The van der Waals surface area contributed by atoms with Crippen molar-refractivity contribution >= 4 is 11.6 Å². The Labute approximate surface area is 235 Å². The number of carbonyl (C=O) groups is 1. The monoisotopic (exact) mass is 540 g/mol. The van der Waals surface area contributed by atoms with E-state index >= 15 is 0 Å². The minimum atomic E-state index is -0.258. The Balaban J connectivity index is 1.25. The van der Waals surface area contributed by atoms with Crippen LogP contribution in [0.4, 0.5) is 4.39 Å². The highest BCUT2D eigenvalue weighted by atomic mass is 19.1. The summed E-state index contributed by atoms with van der Waals surface area (Å²) in [6, 6.07) is 19.3. The van der Waals surface area contributed by atoms with Gasteiger partial charge in [0, 0.05) is 57.5 Å². The third-order valence-corrected chi connectivity index (χ3v) is 8.55. The minimum Gasteiger partial charge on any atom is -0.381 e. The zero-order valence-corrected chi connectivity index (χ0v) is 23.4. The number of rotatable bonds is 6. The average Bonchev–Trinajstić information content (AvgIpc) is 3.35. The Bertz CT molecular complexity index is 1490. The summed E-state index contributed by atoms with van der Waals surface area (Å²) in [5.41, 5.74) is 7.21. The van der Waals surface area contributed by atoms with Gasteiger partial charge in [-0.05, 0) is 73.7 Å². The summed E-state index contributed by atoms with van der Waals surface area (Å²) < 4.78 is 21.5. The van der Waals surface area contributed by atoms with Crippen molar-refractivity contribution in [2.45, 2.75) is 45.3 Å². The number of methoxy groups -OCH3 is 1. The molecular weight excluding hydrogens is 503 g/mol. The fraction of sp³-hybridized carbons (Fsp3) is 0.394. The summed E-state index contributed by atoms with van der Waals surface area (Å²) in [5.74, 6) is 0.103. The third kappa shape index (κ3) is 5.54. The van der Waals surface area contributed by atoms with Gasteiger partial charge in [0.05, 0.1) is 17.5 Å². The van der Waals surface area contributed by atoms with Gasteiger partial charge in [-0.1, -0.05) is 36.2 Å². The first-order chi connectivity index (χ1) is 19.5. The van der Waals surface area contributed by atoms with Gasteiger partial charge in [0.2, 0.25) is 5.91 Å². The van der Waals surface area contributed by atoms with E-state index in [-0.39, 0.29) is 23.7 Å². The number of imidazole rings is 1.